The summed E-state index contributed by atoms with van der Waals surface area (Å²) in [5.74, 6) is -1.77. The van der Waals surface area contributed by atoms with Crippen molar-refractivity contribution in [3.8, 4) is 0 Å². The Morgan fingerprint density at radius 1 is 1.11 bits per heavy atom. The number of aryl methyl sites for hydroxylation is 2. The van der Waals surface area contributed by atoms with Gasteiger partial charge in [0.1, 0.15) is 18.7 Å². The molecule has 2 aliphatic heterocycles. The second-order valence-electron chi connectivity index (χ2n) is 9.32. The van der Waals surface area contributed by atoms with Gasteiger partial charge in [-0.3, -0.25) is 9.59 Å². The minimum atomic E-state index is -0.718. The first-order chi connectivity index (χ1) is 17.0. The van der Waals surface area contributed by atoms with Crippen LogP contribution < -0.4 is 10.0 Å². The number of hydrogen-bond acceptors (Lipinski definition) is 5. The number of ether oxygens (including phenoxy) is 1. The summed E-state index contributed by atoms with van der Waals surface area (Å²) in [5, 5.41) is 13.9. The molecule has 0 aliphatic carbocycles. The van der Waals surface area contributed by atoms with E-state index in [1.807, 2.05) is 49.4 Å². The molecule has 1 unspecified atom stereocenters. The Kier molecular flexibility index (Phi) is 6.40. The van der Waals surface area contributed by atoms with Crippen molar-refractivity contribution < 1.29 is 24.3 Å². The van der Waals surface area contributed by atoms with E-state index in [4.69, 9.17) is 4.74 Å². The van der Waals surface area contributed by atoms with Crippen molar-refractivity contribution in [3.63, 3.8) is 0 Å². The fraction of sp³-hybridized carbons (Fsp3) is 0.370. The molecule has 0 bridgehead atoms. The van der Waals surface area contributed by atoms with Crippen molar-refractivity contribution in [2.24, 2.45) is 0 Å². The number of benzene rings is 1. The Labute approximate surface area is 204 Å². The van der Waals surface area contributed by atoms with Crippen molar-refractivity contribution in [1.29, 1.82) is 0 Å². The lowest BCUT2D eigenvalue weighted by Gasteiger charge is -2.29. The molecule has 1 aromatic carbocycles. The lowest BCUT2D eigenvalue weighted by atomic mass is 9.95. The number of rotatable bonds is 6. The number of fused-ring (bicyclic) bond motifs is 1. The van der Waals surface area contributed by atoms with Crippen molar-refractivity contribution in [2.75, 3.05) is 39.4 Å². The number of ketones is 1. The minimum absolute atomic E-state index is 0.00586. The van der Waals surface area contributed by atoms with Crippen LogP contribution in [0, 0.1) is 13.8 Å². The van der Waals surface area contributed by atoms with Gasteiger partial charge >= 0.3 is 0 Å². The van der Waals surface area contributed by atoms with Gasteiger partial charge in [0.25, 0.3) is 5.91 Å². The fourth-order valence-electron chi connectivity index (χ4n) is 5.12. The largest absolute Gasteiger partial charge is 0.871 e. The van der Waals surface area contributed by atoms with Crippen LogP contribution in [-0.4, -0.2) is 65.4 Å². The zero-order valence-corrected chi connectivity index (χ0v) is 20.1. The van der Waals surface area contributed by atoms with E-state index < -0.39 is 23.5 Å². The van der Waals surface area contributed by atoms with Crippen LogP contribution in [0.1, 0.15) is 35.0 Å². The third-order valence-corrected chi connectivity index (χ3v) is 6.97. The number of carbonyl (C=O) groups is 2. The Hall–Kier alpha value is -3.49. The average Bonchev–Trinajstić information content (AvgIpc) is 3.33. The minimum Gasteiger partial charge on any atom is -0.871 e. The monoisotopic (exact) mass is 474 g/mol. The molecule has 2 aromatic heterocycles. The van der Waals surface area contributed by atoms with Crippen molar-refractivity contribution >= 4 is 23.1 Å². The fourth-order valence-corrected chi connectivity index (χ4v) is 5.12. The van der Waals surface area contributed by atoms with Gasteiger partial charge in [0, 0.05) is 24.7 Å². The van der Waals surface area contributed by atoms with Gasteiger partial charge in [0.2, 0.25) is 5.78 Å². The standard InChI is InChI=1S/C27H30N4O4/c1-18-7-9-20(10-8-18)24-22(25(32)23-19(2)28-21-6-3-4-12-30(21)23)26(33)27(34)31(24)13-5-11-29-14-16-35-17-15-29/h3-4,6-10,12,24,32H,5,11,13-17H2,1-2H3. The van der Waals surface area contributed by atoms with Crippen LogP contribution in [0.3, 0.4) is 0 Å². The van der Waals surface area contributed by atoms with E-state index in [9.17, 15) is 14.7 Å². The van der Waals surface area contributed by atoms with Crippen molar-refractivity contribution in [2.45, 2.75) is 26.3 Å². The molecule has 0 radical (unpaired) electrons. The van der Waals surface area contributed by atoms with E-state index >= 15 is 0 Å². The highest BCUT2D eigenvalue weighted by Crippen LogP contribution is 2.39. The first-order valence-corrected chi connectivity index (χ1v) is 12.1. The van der Waals surface area contributed by atoms with E-state index in [2.05, 4.69) is 4.98 Å². The molecule has 0 saturated carbocycles. The number of imidazole rings is 1. The molecule has 3 aromatic rings. The second-order valence-corrected chi connectivity index (χ2v) is 9.32. The molecule has 8 heteroatoms. The number of hydrogen-bond donors (Lipinski definition) is 1. The van der Waals surface area contributed by atoms with Gasteiger partial charge in [-0.05, 0) is 31.5 Å². The van der Waals surface area contributed by atoms with Crippen LogP contribution in [0.2, 0.25) is 0 Å². The molecule has 2 fully saturated rings. The molecule has 4 heterocycles. The van der Waals surface area contributed by atoms with Gasteiger partial charge in [0.15, 0.2) is 0 Å². The van der Waals surface area contributed by atoms with Gasteiger partial charge in [-0.15, -0.1) is 0 Å². The molecule has 2 aliphatic rings. The van der Waals surface area contributed by atoms with Gasteiger partial charge < -0.3 is 24.0 Å². The highest BCUT2D eigenvalue weighted by Gasteiger charge is 2.44. The number of pyridine rings is 1. The summed E-state index contributed by atoms with van der Waals surface area (Å²) < 4.78 is 7.13. The van der Waals surface area contributed by atoms with Crippen LogP contribution in [0.4, 0.5) is 0 Å². The van der Waals surface area contributed by atoms with Crippen LogP contribution in [0.25, 0.3) is 11.4 Å². The van der Waals surface area contributed by atoms with E-state index in [-0.39, 0.29) is 5.57 Å². The number of morpholine rings is 1. The molecule has 8 nitrogen and oxygen atoms in total. The Bertz CT molecular complexity index is 1290. The van der Waals surface area contributed by atoms with E-state index in [0.717, 1.165) is 50.4 Å². The number of Topliss-reactive ketones (excluding diaryl/α,β-unsaturated/α-hetero) is 1. The second kappa shape index (κ2) is 9.64. The molecule has 2 saturated heterocycles. The molecular weight excluding hydrogens is 444 g/mol. The summed E-state index contributed by atoms with van der Waals surface area (Å²) in [5.41, 5.74) is 3.33. The van der Waals surface area contributed by atoms with Crippen molar-refractivity contribution in [3.05, 3.63) is 76.7 Å². The van der Waals surface area contributed by atoms with Crippen LogP contribution in [-0.2, 0) is 14.3 Å². The summed E-state index contributed by atoms with van der Waals surface area (Å²) in [4.78, 5) is 34.0. The lowest BCUT2D eigenvalue weighted by molar-refractivity contribution is -0.908. The topological polar surface area (TPSA) is 91.4 Å². The maximum Gasteiger partial charge on any atom is 0.295 e. The maximum absolute atomic E-state index is 13.9. The Balaban J connectivity index is 1.54. The summed E-state index contributed by atoms with van der Waals surface area (Å²) in [6.07, 6.45) is 2.50. The zero-order chi connectivity index (χ0) is 24.5. The number of carbonyl (C=O) groups excluding carboxylic acids is 2. The van der Waals surface area contributed by atoms with Gasteiger partial charge in [-0.25, -0.2) is 4.98 Å². The number of quaternary nitrogens is 1. The highest BCUT2D eigenvalue weighted by atomic mass is 16.5. The third kappa shape index (κ3) is 4.35. The molecule has 35 heavy (non-hydrogen) atoms. The number of amides is 1. The van der Waals surface area contributed by atoms with Crippen LogP contribution in [0.5, 0.6) is 0 Å². The zero-order valence-electron chi connectivity index (χ0n) is 20.1. The summed E-state index contributed by atoms with van der Waals surface area (Å²) in [6, 6.07) is 12.5. The lowest BCUT2D eigenvalue weighted by Crippen LogP contribution is -3.14. The van der Waals surface area contributed by atoms with Crippen LogP contribution in [0.15, 0.2) is 54.2 Å². The number of likely N-dealkylation sites (tertiary alicyclic amines) is 1. The molecular formula is C27H30N4O4. The SMILES string of the molecule is Cc1ccc(C2C(=C([O-])c3c(C)nc4ccccn34)C(=O)C(=O)N2CCC[NH+]2CCOCC2)cc1. The van der Waals surface area contributed by atoms with Gasteiger partial charge in [0.05, 0.1) is 37.2 Å². The van der Waals surface area contributed by atoms with E-state index in [0.29, 0.717) is 23.6 Å². The molecule has 1 atom stereocenters. The highest BCUT2D eigenvalue weighted by molar-refractivity contribution is 6.46. The quantitative estimate of drug-likeness (QED) is 0.319. The molecule has 1 N–H and O–H groups in total. The van der Waals surface area contributed by atoms with Crippen LogP contribution >= 0.6 is 0 Å². The average molecular weight is 475 g/mol. The summed E-state index contributed by atoms with van der Waals surface area (Å²) >= 11 is 0. The molecule has 5 rings (SSSR count). The van der Waals surface area contributed by atoms with Gasteiger partial charge in [-0.2, -0.15) is 0 Å². The third-order valence-electron chi connectivity index (χ3n) is 6.97. The van der Waals surface area contributed by atoms with E-state index in [1.54, 1.807) is 22.4 Å². The number of nitrogens with one attached hydrogen (secondary N) is 1. The number of aromatic nitrogens is 2. The first kappa shape index (κ1) is 23.3. The Morgan fingerprint density at radius 3 is 2.60 bits per heavy atom. The number of nitrogens with zero attached hydrogens (tertiary/aromatic N) is 3. The smallest absolute Gasteiger partial charge is 0.295 e. The summed E-state index contributed by atoms with van der Waals surface area (Å²) in [6.45, 7) is 8.41. The maximum atomic E-state index is 13.9. The van der Waals surface area contributed by atoms with Gasteiger partial charge in [-0.1, -0.05) is 41.7 Å². The molecule has 1 amide bonds. The molecule has 0 spiro atoms. The summed E-state index contributed by atoms with van der Waals surface area (Å²) in [7, 11) is 0. The van der Waals surface area contributed by atoms with E-state index in [1.165, 1.54) is 4.90 Å². The molecule has 182 valence electrons. The first-order valence-electron chi connectivity index (χ1n) is 12.1. The normalized spacial score (nSPS) is 20.7. The Morgan fingerprint density at radius 2 is 1.86 bits per heavy atom. The predicted molar refractivity (Wildman–Crippen MR) is 128 cm³/mol. The predicted octanol–water partition coefficient (Wildman–Crippen LogP) is 0.480. The van der Waals surface area contributed by atoms with Crippen molar-refractivity contribution in [1.82, 2.24) is 14.3 Å².